The molecular formula is C13H16FNO2. The highest BCUT2D eigenvalue weighted by Gasteiger charge is 2.55. The van der Waals surface area contributed by atoms with Crippen LogP contribution in [0.5, 0.6) is 0 Å². The van der Waals surface area contributed by atoms with Crippen molar-refractivity contribution in [3.63, 3.8) is 0 Å². The molecule has 3 unspecified atom stereocenters. The molecule has 1 N–H and O–H groups in total. The number of benzene rings is 1. The van der Waals surface area contributed by atoms with Crippen LogP contribution in [0.4, 0.5) is 4.39 Å². The number of halogens is 1. The zero-order chi connectivity index (χ0) is 11.9. The normalized spacial score (nSPS) is 36.1. The summed E-state index contributed by atoms with van der Waals surface area (Å²) in [6, 6.07) is 6.85. The molecule has 2 aliphatic heterocycles. The quantitative estimate of drug-likeness (QED) is 0.853. The molecule has 92 valence electrons. The van der Waals surface area contributed by atoms with Crippen molar-refractivity contribution < 1.29 is 14.0 Å². The Morgan fingerprint density at radius 2 is 2.29 bits per heavy atom. The van der Waals surface area contributed by atoms with Gasteiger partial charge in [-0.2, -0.15) is 5.48 Å². The van der Waals surface area contributed by atoms with Crippen molar-refractivity contribution in [2.45, 2.75) is 25.0 Å². The minimum absolute atomic E-state index is 0.143. The van der Waals surface area contributed by atoms with Crippen LogP contribution in [0.2, 0.25) is 0 Å². The average molecular weight is 237 g/mol. The van der Waals surface area contributed by atoms with E-state index in [1.165, 1.54) is 6.07 Å². The standard InChI is InChI=1S/C13H16FNO2/c1-2-12-10-7-17-15-13(10,8-16-12)9-5-3-4-6-11(9)14/h3-6,10,12,15H,2,7-8H2,1H3. The highest BCUT2D eigenvalue weighted by Crippen LogP contribution is 2.44. The second kappa shape index (κ2) is 4.05. The summed E-state index contributed by atoms with van der Waals surface area (Å²) in [6.45, 7) is 3.13. The van der Waals surface area contributed by atoms with Gasteiger partial charge in [-0.15, -0.1) is 0 Å². The summed E-state index contributed by atoms with van der Waals surface area (Å²) in [5.41, 5.74) is 3.13. The summed E-state index contributed by atoms with van der Waals surface area (Å²) in [7, 11) is 0. The molecule has 3 rings (SSSR count). The van der Waals surface area contributed by atoms with Crippen LogP contribution in [0.15, 0.2) is 24.3 Å². The van der Waals surface area contributed by atoms with E-state index in [9.17, 15) is 4.39 Å². The van der Waals surface area contributed by atoms with Gasteiger partial charge in [0.15, 0.2) is 0 Å². The Morgan fingerprint density at radius 1 is 1.47 bits per heavy atom. The van der Waals surface area contributed by atoms with Crippen molar-refractivity contribution in [3.05, 3.63) is 35.6 Å². The smallest absolute Gasteiger partial charge is 0.128 e. The average Bonchev–Trinajstić information content (AvgIpc) is 2.88. The first-order valence-corrected chi connectivity index (χ1v) is 6.03. The SMILES string of the molecule is CCC1OCC2(c3ccccc3F)NOCC12. The van der Waals surface area contributed by atoms with Gasteiger partial charge in [-0.05, 0) is 12.5 Å². The lowest BCUT2D eigenvalue weighted by atomic mass is 9.79. The zero-order valence-electron chi connectivity index (χ0n) is 9.78. The molecule has 3 atom stereocenters. The fourth-order valence-electron chi connectivity index (χ4n) is 2.95. The molecule has 4 heteroatoms. The summed E-state index contributed by atoms with van der Waals surface area (Å²) in [6.07, 6.45) is 1.07. The molecule has 0 bridgehead atoms. The lowest BCUT2D eigenvalue weighted by Gasteiger charge is -2.27. The summed E-state index contributed by atoms with van der Waals surface area (Å²) in [5.74, 6) is -0.0137. The van der Waals surface area contributed by atoms with Crippen molar-refractivity contribution in [2.24, 2.45) is 5.92 Å². The second-order valence-corrected chi connectivity index (χ2v) is 4.73. The van der Waals surface area contributed by atoms with Crippen LogP contribution in [0, 0.1) is 11.7 Å². The van der Waals surface area contributed by atoms with E-state index in [4.69, 9.17) is 9.57 Å². The third-order valence-electron chi connectivity index (χ3n) is 3.88. The molecule has 2 aliphatic rings. The van der Waals surface area contributed by atoms with Crippen LogP contribution in [0.3, 0.4) is 0 Å². The molecule has 1 aromatic rings. The van der Waals surface area contributed by atoms with E-state index in [1.807, 2.05) is 12.1 Å². The fourth-order valence-corrected chi connectivity index (χ4v) is 2.95. The highest BCUT2D eigenvalue weighted by molar-refractivity contribution is 5.30. The largest absolute Gasteiger partial charge is 0.375 e. The Morgan fingerprint density at radius 3 is 3.06 bits per heavy atom. The Bertz CT molecular complexity index is 426. The number of nitrogens with one attached hydrogen (secondary N) is 1. The molecule has 2 heterocycles. The zero-order valence-corrected chi connectivity index (χ0v) is 9.78. The lowest BCUT2D eigenvalue weighted by molar-refractivity contribution is 0.00182. The Labute approximate surface area is 99.9 Å². The molecule has 0 saturated carbocycles. The molecule has 0 amide bonds. The molecule has 2 fully saturated rings. The first kappa shape index (κ1) is 11.1. The maximum atomic E-state index is 14.0. The molecule has 0 aliphatic carbocycles. The maximum absolute atomic E-state index is 14.0. The highest BCUT2D eigenvalue weighted by atomic mass is 19.1. The number of hydrogen-bond acceptors (Lipinski definition) is 3. The Balaban J connectivity index is 2.04. The van der Waals surface area contributed by atoms with Gasteiger partial charge >= 0.3 is 0 Å². The van der Waals surface area contributed by atoms with Gasteiger partial charge in [-0.1, -0.05) is 25.1 Å². The monoisotopic (exact) mass is 237 g/mol. The van der Waals surface area contributed by atoms with Gasteiger partial charge in [0.05, 0.1) is 19.3 Å². The number of fused-ring (bicyclic) bond motifs is 1. The number of rotatable bonds is 2. The van der Waals surface area contributed by atoms with Crippen LogP contribution in [-0.4, -0.2) is 19.3 Å². The van der Waals surface area contributed by atoms with E-state index in [0.717, 1.165) is 6.42 Å². The van der Waals surface area contributed by atoms with Crippen LogP contribution < -0.4 is 5.48 Å². The molecule has 0 radical (unpaired) electrons. The lowest BCUT2D eigenvalue weighted by Crippen LogP contribution is -2.43. The number of hydroxylamine groups is 1. The van der Waals surface area contributed by atoms with E-state index in [2.05, 4.69) is 12.4 Å². The molecule has 3 nitrogen and oxygen atoms in total. The van der Waals surface area contributed by atoms with Gasteiger partial charge in [-0.3, -0.25) is 0 Å². The van der Waals surface area contributed by atoms with E-state index in [-0.39, 0.29) is 17.8 Å². The Kier molecular flexibility index (Phi) is 2.65. The maximum Gasteiger partial charge on any atom is 0.128 e. The molecule has 1 aromatic carbocycles. The number of ether oxygens (including phenoxy) is 1. The third-order valence-corrected chi connectivity index (χ3v) is 3.88. The van der Waals surface area contributed by atoms with Gasteiger partial charge in [-0.25, -0.2) is 4.39 Å². The summed E-state index contributed by atoms with van der Waals surface area (Å²) in [4.78, 5) is 5.36. The predicted molar refractivity (Wildman–Crippen MR) is 60.7 cm³/mol. The van der Waals surface area contributed by atoms with Crippen molar-refractivity contribution >= 4 is 0 Å². The minimum atomic E-state index is -0.508. The van der Waals surface area contributed by atoms with Crippen molar-refractivity contribution in [1.82, 2.24) is 5.48 Å². The van der Waals surface area contributed by atoms with Gasteiger partial charge in [0.1, 0.15) is 11.4 Å². The molecule has 0 aromatic heterocycles. The number of hydrogen-bond donors (Lipinski definition) is 1. The molecule has 0 spiro atoms. The van der Waals surface area contributed by atoms with E-state index >= 15 is 0 Å². The summed E-state index contributed by atoms with van der Waals surface area (Å²) < 4.78 is 19.7. The van der Waals surface area contributed by atoms with Crippen LogP contribution in [-0.2, 0) is 15.1 Å². The van der Waals surface area contributed by atoms with Gasteiger partial charge in [0.2, 0.25) is 0 Å². The fraction of sp³-hybridized carbons (Fsp3) is 0.538. The van der Waals surface area contributed by atoms with Gasteiger partial charge in [0.25, 0.3) is 0 Å². The van der Waals surface area contributed by atoms with E-state index < -0.39 is 5.54 Å². The van der Waals surface area contributed by atoms with Gasteiger partial charge in [0, 0.05) is 11.5 Å². The third kappa shape index (κ3) is 1.52. The minimum Gasteiger partial charge on any atom is -0.375 e. The van der Waals surface area contributed by atoms with E-state index in [1.54, 1.807) is 6.07 Å². The molecule has 17 heavy (non-hydrogen) atoms. The van der Waals surface area contributed by atoms with Crippen molar-refractivity contribution in [2.75, 3.05) is 13.2 Å². The first-order chi connectivity index (χ1) is 8.28. The Hall–Kier alpha value is -0.970. The first-order valence-electron chi connectivity index (χ1n) is 6.03. The molecular weight excluding hydrogens is 221 g/mol. The predicted octanol–water partition coefficient (Wildman–Crippen LogP) is 1.98. The summed E-state index contributed by atoms with van der Waals surface area (Å²) in [5, 5.41) is 0. The van der Waals surface area contributed by atoms with Crippen LogP contribution in [0.1, 0.15) is 18.9 Å². The van der Waals surface area contributed by atoms with Crippen LogP contribution >= 0.6 is 0 Å². The topological polar surface area (TPSA) is 30.5 Å². The molecule has 2 saturated heterocycles. The van der Waals surface area contributed by atoms with Gasteiger partial charge < -0.3 is 9.57 Å². The summed E-state index contributed by atoms with van der Waals surface area (Å²) >= 11 is 0. The van der Waals surface area contributed by atoms with Crippen molar-refractivity contribution in [3.8, 4) is 0 Å². The second-order valence-electron chi connectivity index (χ2n) is 4.73. The van der Waals surface area contributed by atoms with E-state index in [0.29, 0.717) is 18.8 Å². The van der Waals surface area contributed by atoms with Crippen molar-refractivity contribution in [1.29, 1.82) is 0 Å². The van der Waals surface area contributed by atoms with Crippen LogP contribution in [0.25, 0.3) is 0 Å².